The van der Waals surface area contributed by atoms with Crippen molar-refractivity contribution in [3.63, 3.8) is 0 Å². The van der Waals surface area contributed by atoms with Crippen LogP contribution in [0.2, 0.25) is 0 Å². The van der Waals surface area contributed by atoms with Crippen LogP contribution < -0.4 is 14.5 Å². The Kier molecular flexibility index (Phi) is 6.56. The first kappa shape index (κ1) is 22.5. The van der Waals surface area contributed by atoms with Crippen LogP contribution in [0.15, 0.2) is 48.7 Å². The standard InChI is InChI=1S/C26H33N5O3/c1-2-21-19-31(22-7-3-4-8-23(22)34-21)26(33)30-13-10-20(11-14-30)25(32)29-17-15-28(16-18-29)24-9-5-6-12-27-24/h3-9,12,20-21H,2,10-11,13-19H2,1H3. The third-order valence-corrected chi connectivity index (χ3v) is 7.20. The summed E-state index contributed by atoms with van der Waals surface area (Å²) in [5.41, 5.74) is 0.834. The highest BCUT2D eigenvalue weighted by molar-refractivity contribution is 5.94. The number of anilines is 2. The molecule has 8 heteroatoms. The molecule has 1 aromatic heterocycles. The van der Waals surface area contributed by atoms with Gasteiger partial charge in [0.25, 0.3) is 0 Å². The van der Waals surface area contributed by atoms with E-state index in [2.05, 4.69) is 16.8 Å². The van der Waals surface area contributed by atoms with Crippen LogP contribution in [0.4, 0.5) is 16.3 Å². The van der Waals surface area contributed by atoms with Crippen LogP contribution in [-0.2, 0) is 4.79 Å². The van der Waals surface area contributed by atoms with Crippen molar-refractivity contribution in [3.05, 3.63) is 48.7 Å². The lowest BCUT2D eigenvalue weighted by molar-refractivity contribution is -0.137. The van der Waals surface area contributed by atoms with Crippen molar-refractivity contribution in [2.75, 3.05) is 55.6 Å². The average molecular weight is 464 g/mol. The first-order valence-corrected chi connectivity index (χ1v) is 12.4. The number of aromatic nitrogens is 1. The number of rotatable bonds is 3. The normalized spacial score (nSPS) is 21.1. The number of piperidine rings is 1. The smallest absolute Gasteiger partial charge is 0.324 e. The van der Waals surface area contributed by atoms with Gasteiger partial charge in [-0.25, -0.2) is 9.78 Å². The number of piperazine rings is 1. The Balaban J connectivity index is 1.15. The number of fused-ring (bicyclic) bond motifs is 1. The van der Waals surface area contributed by atoms with Gasteiger partial charge >= 0.3 is 6.03 Å². The molecule has 3 amide bonds. The van der Waals surface area contributed by atoms with Crippen molar-refractivity contribution < 1.29 is 14.3 Å². The summed E-state index contributed by atoms with van der Waals surface area (Å²) in [6.45, 7) is 6.90. The fraction of sp³-hybridized carbons (Fsp3) is 0.500. The number of pyridine rings is 1. The molecule has 34 heavy (non-hydrogen) atoms. The van der Waals surface area contributed by atoms with E-state index in [1.54, 1.807) is 6.20 Å². The molecule has 4 heterocycles. The molecule has 0 aliphatic carbocycles. The Morgan fingerprint density at radius 1 is 0.941 bits per heavy atom. The molecule has 2 fully saturated rings. The van der Waals surface area contributed by atoms with Crippen LogP contribution in [0.1, 0.15) is 26.2 Å². The van der Waals surface area contributed by atoms with Gasteiger partial charge in [0.05, 0.1) is 12.2 Å². The largest absolute Gasteiger partial charge is 0.486 e. The molecule has 1 unspecified atom stereocenters. The maximum absolute atomic E-state index is 13.4. The molecule has 5 rings (SSSR count). The molecule has 3 aliphatic heterocycles. The Labute approximate surface area is 201 Å². The average Bonchev–Trinajstić information content (AvgIpc) is 2.92. The second-order valence-electron chi connectivity index (χ2n) is 9.27. The zero-order valence-electron chi connectivity index (χ0n) is 19.8. The molecule has 1 atom stereocenters. The van der Waals surface area contributed by atoms with Crippen molar-refractivity contribution in [3.8, 4) is 5.75 Å². The van der Waals surface area contributed by atoms with Gasteiger partial charge in [-0.3, -0.25) is 9.69 Å². The van der Waals surface area contributed by atoms with Gasteiger partial charge in [0.2, 0.25) is 5.91 Å². The Morgan fingerprint density at radius 2 is 1.68 bits per heavy atom. The Morgan fingerprint density at radius 3 is 2.38 bits per heavy atom. The number of amides is 3. The lowest BCUT2D eigenvalue weighted by Gasteiger charge is -2.41. The second-order valence-corrected chi connectivity index (χ2v) is 9.27. The first-order valence-electron chi connectivity index (χ1n) is 12.4. The number of ether oxygens (including phenoxy) is 1. The van der Waals surface area contributed by atoms with Gasteiger partial charge in [0.15, 0.2) is 0 Å². The molecule has 180 valence electrons. The van der Waals surface area contributed by atoms with Gasteiger partial charge in [-0.15, -0.1) is 0 Å². The van der Waals surface area contributed by atoms with E-state index < -0.39 is 0 Å². The minimum absolute atomic E-state index is 0.00252. The summed E-state index contributed by atoms with van der Waals surface area (Å²) in [6.07, 6.45) is 4.09. The predicted octanol–water partition coefficient (Wildman–Crippen LogP) is 3.24. The quantitative estimate of drug-likeness (QED) is 0.699. The predicted molar refractivity (Wildman–Crippen MR) is 131 cm³/mol. The zero-order chi connectivity index (χ0) is 23.5. The molecule has 0 bridgehead atoms. The van der Waals surface area contributed by atoms with Crippen LogP contribution in [0.5, 0.6) is 5.75 Å². The fourth-order valence-electron chi connectivity index (χ4n) is 5.14. The van der Waals surface area contributed by atoms with E-state index >= 15 is 0 Å². The van der Waals surface area contributed by atoms with Crippen LogP contribution in [0, 0.1) is 5.92 Å². The maximum Gasteiger partial charge on any atom is 0.324 e. The zero-order valence-corrected chi connectivity index (χ0v) is 19.8. The summed E-state index contributed by atoms with van der Waals surface area (Å²) >= 11 is 0. The van der Waals surface area contributed by atoms with E-state index in [1.165, 1.54) is 0 Å². The van der Waals surface area contributed by atoms with Crippen molar-refractivity contribution in [1.82, 2.24) is 14.8 Å². The van der Waals surface area contributed by atoms with E-state index in [0.29, 0.717) is 32.5 Å². The van der Waals surface area contributed by atoms with E-state index in [-0.39, 0.29) is 24.0 Å². The molecular formula is C26H33N5O3. The van der Waals surface area contributed by atoms with Crippen LogP contribution >= 0.6 is 0 Å². The monoisotopic (exact) mass is 463 g/mol. The fourth-order valence-corrected chi connectivity index (χ4v) is 5.14. The van der Waals surface area contributed by atoms with E-state index in [0.717, 1.165) is 49.9 Å². The highest BCUT2D eigenvalue weighted by Crippen LogP contribution is 2.35. The number of para-hydroxylation sites is 2. The maximum atomic E-state index is 13.4. The summed E-state index contributed by atoms with van der Waals surface area (Å²) in [6, 6.07) is 13.7. The van der Waals surface area contributed by atoms with Gasteiger partial charge in [-0.1, -0.05) is 25.1 Å². The van der Waals surface area contributed by atoms with Crippen molar-refractivity contribution >= 4 is 23.4 Å². The van der Waals surface area contributed by atoms with Gasteiger partial charge < -0.3 is 19.4 Å². The number of hydrogen-bond acceptors (Lipinski definition) is 5. The minimum atomic E-state index is -0.00850. The summed E-state index contributed by atoms with van der Waals surface area (Å²) < 4.78 is 6.03. The third-order valence-electron chi connectivity index (χ3n) is 7.20. The number of hydrogen-bond donors (Lipinski definition) is 0. The van der Waals surface area contributed by atoms with Gasteiger partial charge in [-0.2, -0.15) is 0 Å². The summed E-state index contributed by atoms with van der Waals surface area (Å²) in [4.78, 5) is 39.0. The number of benzene rings is 1. The summed E-state index contributed by atoms with van der Waals surface area (Å²) in [5.74, 6) is 1.96. The number of carbonyl (C=O) groups excluding carboxylic acids is 2. The second kappa shape index (κ2) is 9.91. The number of carbonyl (C=O) groups is 2. The summed E-state index contributed by atoms with van der Waals surface area (Å²) in [5, 5.41) is 0. The van der Waals surface area contributed by atoms with Gasteiger partial charge in [0, 0.05) is 51.4 Å². The molecule has 0 N–H and O–H groups in total. The SMILES string of the molecule is CCC1CN(C(=O)N2CCC(C(=O)N3CCN(c4ccccn4)CC3)CC2)c2ccccc2O1. The van der Waals surface area contributed by atoms with Gasteiger partial charge in [0.1, 0.15) is 17.7 Å². The number of likely N-dealkylation sites (tertiary alicyclic amines) is 1. The molecule has 2 saturated heterocycles. The first-order chi connectivity index (χ1) is 16.6. The van der Waals surface area contributed by atoms with Crippen LogP contribution in [-0.4, -0.2) is 78.6 Å². The van der Waals surface area contributed by atoms with Crippen molar-refractivity contribution in [2.45, 2.75) is 32.3 Å². The van der Waals surface area contributed by atoms with Crippen LogP contribution in [0.3, 0.4) is 0 Å². The lowest BCUT2D eigenvalue weighted by Crippen LogP contribution is -2.54. The number of urea groups is 1. The van der Waals surface area contributed by atoms with Crippen LogP contribution in [0.25, 0.3) is 0 Å². The Hall–Kier alpha value is -3.29. The minimum Gasteiger partial charge on any atom is -0.486 e. The number of nitrogens with zero attached hydrogens (tertiary/aromatic N) is 5. The molecule has 0 radical (unpaired) electrons. The lowest BCUT2D eigenvalue weighted by atomic mass is 9.95. The molecule has 0 saturated carbocycles. The van der Waals surface area contributed by atoms with Crippen molar-refractivity contribution in [1.29, 1.82) is 0 Å². The molecular weight excluding hydrogens is 430 g/mol. The van der Waals surface area contributed by atoms with Gasteiger partial charge in [-0.05, 0) is 43.5 Å². The molecule has 8 nitrogen and oxygen atoms in total. The molecule has 3 aliphatic rings. The molecule has 2 aromatic rings. The van der Waals surface area contributed by atoms with E-state index in [1.807, 2.05) is 57.2 Å². The molecule has 1 aromatic carbocycles. The third kappa shape index (κ3) is 4.54. The van der Waals surface area contributed by atoms with E-state index in [9.17, 15) is 9.59 Å². The highest BCUT2D eigenvalue weighted by atomic mass is 16.5. The van der Waals surface area contributed by atoms with Crippen molar-refractivity contribution in [2.24, 2.45) is 5.92 Å². The summed E-state index contributed by atoms with van der Waals surface area (Å²) in [7, 11) is 0. The van der Waals surface area contributed by atoms with E-state index in [4.69, 9.17) is 4.74 Å². The highest BCUT2D eigenvalue weighted by Gasteiger charge is 2.36. The molecule has 0 spiro atoms. The Bertz CT molecular complexity index is 1000. The topological polar surface area (TPSA) is 69.2 Å².